The van der Waals surface area contributed by atoms with Crippen molar-refractivity contribution < 1.29 is 0 Å². The molecule has 0 saturated heterocycles. The van der Waals surface area contributed by atoms with Gasteiger partial charge >= 0.3 is 0 Å². The molecule has 0 fully saturated rings. The quantitative estimate of drug-likeness (QED) is 0.721. The lowest BCUT2D eigenvalue weighted by molar-refractivity contribution is 1.36. The summed E-state index contributed by atoms with van der Waals surface area (Å²) in [5, 5.41) is 1.44. The molecule has 1 aromatic heterocycles. The van der Waals surface area contributed by atoms with Crippen molar-refractivity contribution in [1.82, 2.24) is 4.98 Å². The van der Waals surface area contributed by atoms with E-state index in [1.807, 2.05) is 30.3 Å². The van der Waals surface area contributed by atoms with Crippen molar-refractivity contribution in [2.45, 2.75) is 5.88 Å². The van der Waals surface area contributed by atoms with Crippen molar-refractivity contribution in [2.75, 3.05) is 0 Å². The first-order valence-corrected chi connectivity index (χ1v) is 5.80. The van der Waals surface area contributed by atoms with Gasteiger partial charge in [-0.25, -0.2) is 4.98 Å². The highest BCUT2D eigenvalue weighted by Gasteiger charge is 2.08. The second-order valence-electron chi connectivity index (χ2n) is 2.73. The largest absolute Gasteiger partial charge is 0.224 e. The Labute approximate surface area is 96.3 Å². The molecule has 0 aliphatic rings. The summed E-state index contributed by atoms with van der Waals surface area (Å²) >= 11 is 13.2. The zero-order valence-corrected chi connectivity index (χ0v) is 9.53. The smallest absolute Gasteiger partial charge is 0.145 e. The van der Waals surface area contributed by atoms with Gasteiger partial charge in [-0.2, -0.15) is 0 Å². The van der Waals surface area contributed by atoms with E-state index in [0.717, 1.165) is 15.4 Å². The van der Waals surface area contributed by atoms with Gasteiger partial charge in [-0.3, -0.25) is 0 Å². The highest BCUT2D eigenvalue weighted by Crippen LogP contribution is 2.31. The number of thiazole rings is 1. The minimum atomic E-state index is 0.420. The number of nitrogens with zero attached hydrogens (tertiary/aromatic N) is 1. The summed E-state index contributed by atoms with van der Waals surface area (Å²) in [6.45, 7) is 0. The predicted molar refractivity (Wildman–Crippen MR) is 62.1 cm³/mol. The van der Waals surface area contributed by atoms with Crippen LogP contribution in [0.2, 0.25) is 5.15 Å². The molecule has 1 heterocycles. The lowest BCUT2D eigenvalue weighted by Gasteiger charge is -1.92. The number of hydrogen-bond donors (Lipinski definition) is 0. The highest BCUT2D eigenvalue weighted by atomic mass is 35.5. The fraction of sp³-hybridized carbons (Fsp3) is 0.100. The Morgan fingerprint density at radius 2 is 1.93 bits per heavy atom. The normalized spacial score (nSPS) is 10.4. The van der Waals surface area contributed by atoms with Gasteiger partial charge in [-0.1, -0.05) is 41.9 Å². The summed E-state index contributed by atoms with van der Waals surface area (Å²) in [5.74, 6) is 0.420. The number of aromatic nitrogens is 1. The number of rotatable bonds is 2. The lowest BCUT2D eigenvalue weighted by atomic mass is 10.2. The van der Waals surface area contributed by atoms with Crippen LogP contribution in [0.4, 0.5) is 0 Å². The molecule has 0 atom stereocenters. The Morgan fingerprint density at radius 1 is 1.21 bits per heavy atom. The summed E-state index contributed by atoms with van der Waals surface area (Å²) in [6.07, 6.45) is 0. The third-order valence-electron chi connectivity index (χ3n) is 1.79. The Morgan fingerprint density at radius 3 is 2.50 bits per heavy atom. The Balaban J connectivity index is 2.43. The maximum atomic E-state index is 5.91. The summed E-state index contributed by atoms with van der Waals surface area (Å²) in [4.78, 5) is 5.17. The van der Waals surface area contributed by atoms with Crippen LogP contribution in [-0.4, -0.2) is 4.98 Å². The average molecular weight is 244 g/mol. The van der Waals surface area contributed by atoms with E-state index in [1.54, 1.807) is 0 Å². The van der Waals surface area contributed by atoms with E-state index in [4.69, 9.17) is 23.2 Å². The molecular formula is C10H7Cl2NS. The van der Waals surface area contributed by atoms with Gasteiger partial charge in [0, 0.05) is 5.56 Å². The number of alkyl halides is 1. The second kappa shape index (κ2) is 4.30. The zero-order valence-electron chi connectivity index (χ0n) is 7.21. The van der Waals surface area contributed by atoms with Gasteiger partial charge in [-0.05, 0) is 0 Å². The van der Waals surface area contributed by atoms with E-state index < -0.39 is 0 Å². The first-order chi connectivity index (χ1) is 6.81. The SMILES string of the molecule is ClCc1sc(-c2ccccc2)nc1Cl. The molecule has 14 heavy (non-hydrogen) atoms. The highest BCUT2D eigenvalue weighted by molar-refractivity contribution is 7.15. The van der Waals surface area contributed by atoms with Crippen molar-refractivity contribution in [3.05, 3.63) is 40.4 Å². The summed E-state index contributed by atoms with van der Waals surface area (Å²) in [5.41, 5.74) is 1.08. The Kier molecular flexibility index (Phi) is 3.06. The van der Waals surface area contributed by atoms with Crippen LogP contribution >= 0.6 is 34.5 Å². The van der Waals surface area contributed by atoms with Crippen LogP contribution in [0.25, 0.3) is 10.6 Å². The van der Waals surface area contributed by atoms with Crippen LogP contribution in [0.3, 0.4) is 0 Å². The summed E-state index contributed by atoms with van der Waals surface area (Å²) in [6, 6.07) is 9.94. The van der Waals surface area contributed by atoms with Crippen molar-refractivity contribution in [3.63, 3.8) is 0 Å². The molecule has 4 heteroatoms. The first-order valence-electron chi connectivity index (χ1n) is 4.08. The molecule has 0 amide bonds. The standard InChI is InChI=1S/C10H7Cl2NS/c11-6-8-9(12)13-10(14-8)7-4-2-1-3-5-7/h1-5H,6H2. The van der Waals surface area contributed by atoms with E-state index in [9.17, 15) is 0 Å². The first kappa shape index (κ1) is 9.97. The van der Waals surface area contributed by atoms with Gasteiger partial charge in [0.05, 0.1) is 10.8 Å². The molecular weight excluding hydrogens is 237 g/mol. The van der Waals surface area contributed by atoms with Gasteiger partial charge < -0.3 is 0 Å². The number of hydrogen-bond acceptors (Lipinski definition) is 2. The maximum absolute atomic E-state index is 5.91. The molecule has 0 bridgehead atoms. The monoisotopic (exact) mass is 243 g/mol. The van der Waals surface area contributed by atoms with Crippen LogP contribution in [-0.2, 0) is 5.88 Å². The molecule has 1 aromatic carbocycles. The van der Waals surface area contributed by atoms with E-state index in [0.29, 0.717) is 11.0 Å². The molecule has 0 N–H and O–H groups in total. The van der Waals surface area contributed by atoms with Gasteiger partial charge in [0.2, 0.25) is 0 Å². The third-order valence-corrected chi connectivity index (χ3v) is 3.75. The third kappa shape index (κ3) is 1.92. The minimum absolute atomic E-state index is 0.420. The Bertz CT molecular complexity index is 425. The van der Waals surface area contributed by atoms with Crippen LogP contribution < -0.4 is 0 Å². The number of halogens is 2. The molecule has 0 unspecified atom stereocenters. The average Bonchev–Trinajstić information content (AvgIpc) is 2.61. The molecule has 1 nitrogen and oxygen atoms in total. The fourth-order valence-corrected chi connectivity index (χ4v) is 2.60. The van der Waals surface area contributed by atoms with E-state index in [2.05, 4.69) is 4.98 Å². The van der Waals surface area contributed by atoms with Crippen LogP contribution in [0, 0.1) is 0 Å². The molecule has 2 aromatic rings. The molecule has 0 saturated carbocycles. The molecule has 0 spiro atoms. The molecule has 72 valence electrons. The van der Waals surface area contributed by atoms with Crippen molar-refractivity contribution in [2.24, 2.45) is 0 Å². The van der Waals surface area contributed by atoms with Crippen LogP contribution in [0.5, 0.6) is 0 Å². The van der Waals surface area contributed by atoms with E-state index in [1.165, 1.54) is 11.3 Å². The summed E-state index contributed by atoms with van der Waals surface area (Å²) < 4.78 is 0. The van der Waals surface area contributed by atoms with Crippen LogP contribution in [0.1, 0.15) is 4.88 Å². The molecule has 0 radical (unpaired) electrons. The minimum Gasteiger partial charge on any atom is -0.224 e. The Hall–Kier alpha value is -0.570. The lowest BCUT2D eigenvalue weighted by Crippen LogP contribution is -1.73. The van der Waals surface area contributed by atoms with Gasteiger partial charge in [0.15, 0.2) is 0 Å². The number of benzene rings is 1. The zero-order chi connectivity index (χ0) is 9.97. The van der Waals surface area contributed by atoms with Gasteiger partial charge in [-0.15, -0.1) is 22.9 Å². The van der Waals surface area contributed by atoms with Crippen molar-refractivity contribution in [1.29, 1.82) is 0 Å². The second-order valence-corrected chi connectivity index (χ2v) is 4.44. The molecule has 0 aliphatic heterocycles. The maximum Gasteiger partial charge on any atom is 0.145 e. The van der Waals surface area contributed by atoms with Crippen molar-refractivity contribution >= 4 is 34.5 Å². The summed E-state index contributed by atoms with van der Waals surface area (Å²) in [7, 11) is 0. The van der Waals surface area contributed by atoms with Gasteiger partial charge in [0.1, 0.15) is 10.2 Å². The van der Waals surface area contributed by atoms with Crippen LogP contribution in [0.15, 0.2) is 30.3 Å². The fourth-order valence-electron chi connectivity index (χ4n) is 1.12. The van der Waals surface area contributed by atoms with E-state index in [-0.39, 0.29) is 0 Å². The molecule has 2 rings (SSSR count). The van der Waals surface area contributed by atoms with E-state index >= 15 is 0 Å². The van der Waals surface area contributed by atoms with Crippen molar-refractivity contribution in [3.8, 4) is 10.6 Å². The topological polar surface area (TPSA) is 12.9 Å². The van der Waals surface area contributed by atoms with Gasteiger partial charge in [0.25, 0.3) is 0 Å². The molecule has 0 aliphatic carbocycles. The predicted octanol–water partition coefficient (Wildman–Crippen LogP) is 4.20.